The van der Waals surface area contributed by atoms with E-state index in [1.165, 1.54) is 11.1 Å². The Kier molecular flexibility index (Phi) is 6.14. The van der Waals surface area contributed by atoms with Gasteiger partial charge in [-0.2, -0.15) is 22.7 Å². The zero-order valence-corrected chi connectivity index (χ0v) is 22.9. The van der Waals surface area contributed by atoms with Gasteiger partial charge in [-0.3, -0.25) is 9.59 Å². The van der Waals surface area contributed by atoms with Crippen LogP contribution in [0, 0.1) is 0 Å². The summed E-state index contributed by atoms with van der Waals surface area (Å²) >= 11 is 3.32. The van der Waals surface area contributed by atoms with Crippen LogP contribution < -0.4 is 26.2 Å². The quantitative estimate of drug-likeness (QED) is 0.311. The smallest absolute Gasteiger partial charge is 0.255 e. The van der Waals surface area contributed by atoms with Crippen molar-refractivity contribution in [1.29, 1.82) is 0 Å². The lowest BCUT2D eigenvalue weighted by Gasteiger charge is -2.44. The minimum Gasteiger partial charge on any atom is -0.347 e. The number of hydrogen-bond donors (Lipinski definition) is 3. The summed E-state index contributed by atoms with van der Waals surface area (Å²) in [6.07, 6.45) is 3.05. The number of thiophene rings is 2. The van der Waals surface area contributed by atoms with Crippen LogP contribution in [0.25, 0.3) is 0 Å². The Morgan fingerprint density at radius 2 is 1.38 bits per heavy atom. The third kappa shape index (κ3) is 4.12. The molecule has 0 bridgehead atoms. The van der Waals surface area contributed by atoms with E-state index in [4.69, 9.17) is 5.73 Å². The molecule has 0 saturated carbocycles. The molecular weight excluding hydrogens is 526 g/mol. The summed E-state index contributed by atoms with van der Waals surface area (Å²) < 4.78 is 0. The highest BCUT2D eigenvalue weighted by atomic mass is 32.1. The molecule has 6 heterocycles. The number of nitrogens with one attached hydrogen (secondary N) is 2. The van der Waals surface area contributed by atoms with E-state index >= 15 is 0 Å². The van der Waals surface area contributed by atoms with Crippen molar-refractivity contribution in [3.8, 4) is 0 Å². The van der Waals surface area contributed by atoms with Crippen LogP contribution in [-0.2, 0) is 6.42 Å². The van der Waals surface area contributed by atoms with E-state index in [2.05, 4.69) is 54.8 Å². The Labute approximate surface area is 235 Å². The standard InChI is InChI=1S/C15H15N3OS.C15H14N2OS/c16-12-4-6-18-13-10(12)2-1-3-11(13)15(19)17-14(18)9-5-7-20-8-9;18-15-12-5-1-3-10-4-2-7-17(13(10)12)14(16-15)11-6-8-19-9-11/h1-3,5,7-8,12,14H,4,6,16H2,(H,17,19);1,3,5-6,8-9,14H,2,4,7H2,(H,16,18)/t12-,14-;14-/m01/s1. The Morgan fingerprint density at radius 3 is 2.03 bits per heavy atom. The first kappa shape index (κ1) is 24.4. The van der Waals surface area contributed by atoms with Crippen molar-refractivity contribution in [3.63, 3.8) is 0 Å². The van der Waals surface area contributed by atoms with Crippen LogP contribution in [0.2, 0.25) is 0 Å². The van der Waals surface area contributed by atoms with Gasteiger partial charge in [-0.25, -0.2) is 0 Å². The van der Waals surface area contributed by atoms with Gasteiger partial charge < -0.3 is 26.2 Å². The number of carbonyl (C=O) groups excluding carboxylic acids is 2. The van der Waals surface area contributed by atoms with Crippen molar-refractivity contribution >= 4 is 45.9 Å². The number of anilines is 2. The van der Waals surface area contributed by atoms with Gasteiger partial charge in [0.2, 0.25) is 0 Å². The van der Waals surface area contributed by atoms with Crippen LogP contribution in [0.1, 0.15) is 74.2 Å². The van der Waals surface area contributed by atoms with E-state index in [1.54, 1.807) is 22.7 Å². The first-order valence-electron chi connectivity index (χ1n) is 13.3. The Balaban J connectivity index is 0.000000130. The first-order chi connectivity index (χ1) is 19.1. The van der Waals surface area contributed by atoms with Crippen LogP contribution in [0.4, 0.5) is 11.4 Å². The van der Waals surface area contributed by atoms with Gasteiger partial charge in [0.1, 0.15) is 12.3 Å². The van der Waals surface area contributed by atoms with Gasteiger partial charge in [0.15, 0.2) is 0 Å². The average Bonchev–Trinajstić information content (AvgIpc) is 3.69. The van der Waals surface area contributed by atoms with Crippen LogP contribution in [-0.4, -0.2) is 24.9 Å². The minimum atomic E-state index is -0.0742. The van der Waals surface area contributed by atoms with Gasteiger partial charge in [-0.1, -0.05) is 24.3 Å². The van der Waals surface area contributed by atoms with Crippen molar-refractivity contribution in [2.24, 2.45) is 5.73 Å². The second-order valence-electron chi connectivity index (χ2n) is 10.3. The maximum atomic E-state index is 12.4. The van der Waals surface area contributed by atoms with Crippen molar-refractivity contribution < 1.29 is 9.59 Å². The van der Waals surface area contributed by atoms with Crippen molar-refractivity contribution in [3.05, 3.63) is 103 Å². The number of amides is 2. The van der Waals surface area contributed by atoms with Crippen molar-refractivity contribution in [2.75, 3.05) is 22.9 Å². The molecule has 2 amide bonds. The molecule has 7 nitrogen and oxygen atoms in total. The largest absolute Gasteiger partial charge is 0.347 e. The molecule has 0 radical (unpaired) electrons. The van der Waals surface area contributed by atoms with Crippen molar-refractivity contribution in [1.82, 2.24) is 10.6 Å². The van der Waals surface area contributed by atoms with Gasteiger partial charge in [0.05, 0.1) is 22.5 Å². The SMILES string of the molecule is N[C@H]1CCN2c3c(cccc31)C(=O)N[C@@H]2c1ccsc1.O=C1N[C@@H](c2ccsc2)N2CCCc3cccc1c32. The molecule has 4 aliphatic heterocycles. The molecule has 4 N–H and O–H groups in total. The number of rotatable bonds is 2. The third-order valence-corrected chi connectivity index (χ3v) is 9.46. The minimum absolute atomic E-state index is 0.00676. The topological polar surface area (TPSA) is 90.7 Å². The molecule has 4 aromatic rings. The summed E-state index contributed by atoms with van der Waals surface area (Å²) in [4.78, 5) is 29.3. The zero-order chi connectivity index (χ0) is 26.5. The maximum Gasteiger partial charge on any atom is 0.255 e. The molecule has 0 saturated heterocycles. The lowest BCUT2D eigenvalue weighted by molar-refractivity contribution is 0.0917. The number of aryl methyl sites for hydroxylation is 1. The highest BCUT2D eigenvalue weighted by molar-refractivity contribution is 7.08. The van der Waals surface area contributed by atoms with Crippen molar-refractivity contribution in [2.45, 2.75) is 37.6 Å². The molecule has 198 valence electrons. The zero-order valence-electron chi connectivity index (χ0n) is 21.3. The number of hydrogen-bond acceptors (Lipinski definition) is 7. The van der Waals surface area contributed by atoms with E-state index in [-0.39, 0.29) is 30.2 Å². The van der Waals surface area contributed by atoms with Crippen LogP contribution >= 0.6 is 22.7 Å². The van der Waals surface area contributed by atoms with Gasteiger partial charge in [-0.15, -0.1) is 0 Å². The fraction of sp³-hybridized carbons (Fsp3) is 0.267. The third-order valence-electron chi connectivity index (χ3n) is 8.05. The Bertz CT molecular complexity index is 1530. The molecule has 0 spiro atoms. The molecule has 2 aromatic carbocycles. The molecule has 8 rings (SSSR count). The maximum absolute atomic E-state index is 12.4. The molecule has 0 aliphatic carbocycles. The lowest BCUT2D eigenvalue weighted by Crippen LogP contribution is -2.49. The Morgan fingerprint density at radius 1 is 0.769 bits per heavy atom. The van der Waals surface area contributed by atoms with E-state index in [9.17, 15) is 9.59 Å². The monoisotopic (exact) mass is 555 g/mol. The molecule has 0 fully saturated rings. The summed E-state index contributed by atoms with van der Waals surface area (Å²) in [5.41, 5.74) is 14.6. The predicted octanol–water partition coefficient (Wildman–Crippen LogP) is 5.34. The van der Waals surface area contributed by atoms with Gasteiger partial charge in [0, 0.05) is 30.3 Å². The van der Waals surface area contributed by atoms with E-state index in [0.29, 0.717) is 0 Å². The summed E-state index contributed by atoms with van der Waals surface area (Å²) in [6, 6.07) is 16.1. The highest BCUT2D eigenvalue weighted by Crippen LogP contribution is 2.42. The van der Waals surface area contributed by atoms with Crippen LogP contribution in [0.15, 0.2) is 70.1 Å². The average molecular weight is 556 g/mol. The number of para-hydroxylation sites is 2. The lowest BCUT2D eigenvalue weighted by atomic mass is 9.91. The molecule has 3 atom stereocenters. The second-order valence-corrected chi connectivity index (χ2v) is 11.9. The predicted molar refractivity (Wildman–Crippen MR) is 156 cm³/mol. The molecule has 39 heavy (non-hydrogen) atoms. The fourth-order valence-corrected chi connectivity index (χ4v) is 7.60. The van der Waals surface area contributed by atoms with E-state index < -0.39 is 0 Å². The molecule has 2 aromatic heterocycles. The van der Waals surface area contributed by atoms with Crippen LogP contribution in [0.5, 0.6) is 0 Å². The Hall–Kier alpha value is -3.66. The molecule has 9 heteroatoms. The molecule has 4 aliphatic rings. The number of benzene rings is 2. The summed E-state index contributed by atoms with van der Waals surface area (Å²) in [6.45, 7) is 1.87. The normalized spacial score (nSPS) is 22.6. The summed E-state index contributed by atoms with van der Waals surface area (Å²) in [5.74, 6) is 0.0367. The van der Waals surface area contributed by atoms with Gasteiger partial charge >= 0.3 is 0 Å². The van der Waals surface area contributed by atoms with Gasteiger partial charge in [0.25, 0.3) is 11.8 Å². The molecule has 0 unspecified atom stereocenters. The number of nitrogens with two attached hydrogens (primary N) is 1. The summed E-state index contributed by atoms with van der Waals surface area (Å²) in [7, 11) is 0. The number of carbonyl (C=O) groups is 2. The van der Waals surface area contributed by atoms with Gasteiger partial charge in [-0.05, 0) is 76.2 Å². The van der Waals surface area contributed by atoms with E-state index in [1.807, 2.05) is 35.7 Å². The van der Waals surface area contributed by atoms with Crippen LogP contribution in [0.3, 0.4) is 0 Å². The molecular formula is C30H29N5O2S2. The summed E-state index contributed by atoms with van der Waals surface area (Å²) in [5, 5.41) is 14.5. The fourth-order valence-electron chi connectivity index (χ4n) is 6.24. The highest BCUT2D eigenvalue weighted by Gasteiger charge is 2.37. The van der Waals surface area contributed by atoms with E-state index in [0.717, 1.165) is 66.0 Å². The number of nitrogens with zero attached hydrogens (tertiary/aromatic N) is 2. The second kappa shape index (κ2) is 9.82. The first-order valence-corrected chi connectivity index (χ1v) is 15.2.